The molecule has 3 N–H and O–H groups in total. The molecule has 8 nitrogen and oxygen atoms in total. The Kier molecular flexibility index (Phi) is 19.1. The molecular weight excluding hydrogens is 588 g/mol. The average molecular weight is 649 g/mol. The van der Waals surface area contributed by atoms with E-state index in [0.717, 1.165) is 45.1 Å². The molecule has 9 atom stereocenters. The van der Waals surface area contributed by atoms with Gasteiger partial charge in [0.2, 0.25) is 5.91 Å². The summed E-state index contributed by atoms with van der Waals surface area (Å²) in [5.41, 5.74) is -0.702. The van der Waals surface area contributed by atoms with Crippen LogP contribution in [0.3, 0.4) is 0 Å². The molecule has 43 heavy (non-hydrogen) atoms. The van der Waals surface area contributed by atoms with Crippen molar-refractivity contribution < 1.29 is 29.3 Å². The van der Waals surface area contributed by atoms with Gasteiger partial charge in [0.25, 0.3) is 0 Å². The topological polar surface area (TPSA) is 108 Å². The van der Waals surface area contributed by atoms with Gasteiger partial charge in [-0.15, -0.1) is 23.4 Å². The minimum Gasteiger partial charge on any atom is -0.456 e. The van der Waals surface area contributed by atoms with Gasteiger partial charge in [0.1, 0.15) is 23.7 Å². The molecule has 2 heterocycles. The van der Waals surface area contributed by atoms with Crippen molar-refractivity contribution in [3.05, 3.63) is 0 Å². The molecule has 10 heteroatoms. The van der Waals surface area contributed by atoms with Crippen LogP contribution in [0.5, 0.6) is 0 Å². The smallest absolute Gasteiger partial charge is 0.306 e. The zero-order valence-corrected chi connectivity index (χ0v) is 29.1. The molecule has 2 fully saturated rings. The molecule has 2 aliphatic rings. The molecular formula is C33H61ClN2O6S. The van der Waals surface area contributed by atoms with Crippen LogP contribution in [-0.4, -0.2) is 94.2 Å². The lowest BCUT2D eigenvalue weighted by atomic mass is 9.92. The molecule has 0 radical (unpaired) electrons. The first-order chi connectivity index (χ1) is 20.6. The van der Waals surface area contributed by atoms with E-state index >= 15 is 0 Å². The van der Waals surface area contributed by atoms with Crippen molar-refractivity contribution in [2.75, 3.05) is 19.8 Å². The lowest BCUT2D eigenvalue weighted by molar-refractivity contribution is -0.218. The summed E-state index contributed by atoms with van der Waals surface area (Å²) in [7, 11) is 1.95. The zero-order valence-electron chi connectivity index (χ0n) is 27.5. The Morgan fingerprint density at radius 1 is 0.977 bits per heavy atom. The normalized spacial score (nSPS) is 29.3. The highest BCUT2D eigenvalue weighted by atomic mass is 35.5. The van der Waals surface area contributed by atoms with E-state index in [0.29, 0.717) is 5.92 Å². The molecule has 2 saturated heterocycles. The van der Waals surface area contributed by atoms with E-state index in [1.807, 2.05) is 7.05 Å². The van der Waals surface area contributed by atoms with E-state index in [1.165, 1.54) is 69.5 Å². The summed E-state index contributed by atoms with van der Waals surface area (Å²) in [6, 6.07) is -1.00. The number of rotatable bonds is 21. The molecule has 0 aromatic heterocycles. The summed E-state index contributed by atoms with van der Waals surface area (Å²) in [4.78, 5) is 28.0. The minimum atomic E-state index is -1.38. The number of aliphatic hydroxyl groups excluding tert-OH is 2. The number of halogens is 1. The van der Waals surface area contributed by atoms with Crippen molar-refractivity contribution in [3.63, 3.8) is 0 Å². The summed E-state index contributed by atoms with van der Waals surface area (Å²) in [6.07, 6.45) is 14.8. The maximum Gasteiger partial charge on any atom is 0.306 e. The van der Waals surface area contributed by atoms with Gasteiger partial charge >= 0.3 is 5.97 Å². The number of amides is 1. The van der Waals surface area contributed by atoms with Crippen molar-refractivity contribution in [2.45, 2.75) is 171 Å². The van der Waals surface area contributed by atoms with Crippen molar-refractivity contribution in [3.8, 4) is 0 Å². The third-order valence-electron chi connectivity index (χ3n) is 9.11. The van der Waals surface area contributed by atoms with E-state index in [-0.39, 0.29) is 18.4 Å². The van der Waals surface area contributed by atoms with E-state index in [1.54, 1.807) is 13.2 Å². The number of ether oxygens (including phenoxy) is 2. The third-order valence-corrected chi connectivity index (χ3v) is 10.2. The van der Waals surface area contributed by atoms with Crippen LogP contribution in [0.15, 0.2) is 0 Å². The van der Waals surface area contributed by atoms with E-state index in [4.69, 9.17) is 21.1 Å². The van der Waals surface area contributed by atoms with Crippen LogP contribution < -0.4 is 5.32 Å². The van der Waals surface area contributed by atoms with E-state index in [2.05, 4.69) is 24.1 Å². The Hall–Kier alpha value is -0.580. The number of aliphatic hydroxyl groups is 2. The van der Waals surface area contributed by atoms with Gasteiger partial charge in [-0.1, -0.05) is 90.9 Å². The van der Waals surface area contributed by atoms with Gasteiger partial charge in [-0.05, 0) is 45.4 Å². The molecule has 0 aromatic rings. The molecule has 2 aliphatic heterocycles. The minimum absolute atomic E-state index is 0.152. The molecule has 252 valence electrons. The van der Waals surface area contributed by atoms with Gasteiger partial charge in [0.15, 0.2) is 6.10 Å². The maximum atomic E-state index is 13.3. The van der Waals surface area contributed by atoms with Gasteiger partial charge in [0.05, 0.1) is 17.5 Å². The Labute approximate surface area is 270 Å². The Balaban J connectivity index is 1.79. The molecule has 8 unspecified atom stereocenters. The number of carbonyl (C=O) groups excluding carboxylic acids is 2. The monoisotopic (exact) mass is 648 g/mol. The number of carbonyl (C=O) groups is 2. The first kappa shape index (κ1) is 38.6. The molecule has 0 spiro atoms. The number of hydrogen-bond acceptors (Lipinski definition) is 8. The fourth-order valence-electron chi connectivity index (χ4n) is 6.54. The predicted molar refractivity (Wildman–Crippen MR) is 176 cm³/mol. The Bertz CT molecular complexity index is 790. The number of likely N-dealkylation sites (N-methyl/N-ethyl adjacent to an activating group) is 1. The summed E-state index contributed by atoms with van der Waals surface area (Å²) < 4.78 is 11.8. The van der Waals surface area contributed by atoms with Crippen molar-refractivity contribution in [2.24, 2.45) is 5.92 Å². The second-order valence-electron chi connectivity index (χ2n) is 12.8. The first-order valence-electron chi connectivity index (χ1n) is 17.0. The highest BCUT2D eigenvalue weighted by Crippen LogP contribution is 2.33. The summed E-state index contributed by atoms with van der Waals surface area (Å²) in [5, 5.41) is 24.6. The highest BCUT2D eigenvalue weighted by Gasteiger charge is 2.50. The number of likely N-dealkylation sites (tertiary alicyclic amines) is 1. The average Bonchev–Trinajstić information content (AvgIpc) is 3.35. The number of alkyl halides is 1. The van der Waals surface area contributed by atoms with Gasteiger partial charge in [-0.2, -0.15) is 0 Å². The van der Waals surface area contributed by atoms with E-state index in [9.17, 15) is 19.8 Å². The molecule has 0 saturated carbocycles. The number of nitrogens with one attached hydrogen (secondary N) is 1. The fourth-order valence-corrected chi connectivity index (χ4v) is 7.47. The number of esters is 1. The summed E-state index contributed by atoms with van der Waals surface area (Å²) in [6.45, 7) is 7.00. The number of hydrogen-bond donors (Lipinski definition) is 3. The van der Waals surface area contributed by atoms with Gasteiger partial charge in [-0.25, -0.2) is 0 Å². The van der Waals surface area contributed by atoms with Crippen LogP contribution >= 0.6 is 23.4 Å². The number of thioether (sulfide) groups is 1. The van der Waals surface area contributed by atoms with Crippen molar-refractivity contribution in [1.29, 1.82) is 0 Å². The number of nitrogens with zero attached hydrogens (tertiary/aromatic N) is 1. The van der Waals surface area contributed by atoms with Crippen LogP contribution in [0.4, 0.5) is 0 Å². The maximum absolute atomic E-state index is 13.3. The summed E-state index contributed by atoms with van der Waals surface area (Å²) >= 11 is 7.81. The molecule has 1 amide bonds. The standard InChI is InChI=1S/C33H61ClN2O6S/c1-6-8-9-10-11-12-13-14-15-16-17-18-20-26(37)41-31-29(39)28(38)30(42-33(31)43-5)27(23(3)34)35-32(40)25-21-24(19-7-2)22-36(25)4/h23-25,27-31,33,38-39H,6-22H2,1-5H3,(H,35,40)/t23?,24?,25?,27-,28?,29?,30?,31?,33?/m1/s1. The second kappa shape index (κ2) is 21.3. The molecule has 0 aromatic carbocycles. The summed E-state index contributed by atoms with van der Waals surface area (Å²) in [5.74, 6) is -0.0753. The largest absolute Gasteiger partial charge is 0.456 e. The van der Waals surface area contributed by atoms with Crippen LogP contribution in [-0.2, 0) is 19.1 Å². The first-order valence-corrected chi connectivity index (χ1v) is 18.7. The van der Waals surface area contributed by atoms with Gasteiger partial charge in [0, 0.05) is 13.0 Å². The zero-order chi connectivity index (χ0) is 31.8. The van der Waals surface area contributed by atoms with Crippen molar-refractivity contribution >= 4 is 35.2 Å². The fraction of sp³-hybridized carbons (Fsp3) is 0.939. The van der Waals surface area contributed by atoms with Gasteiger partial charge in [-0.3, -0.25) is 14.5 Å². The lowest BCUT2D eigenvalue weighted by Gasteiger charge is -2.45. The van der Waals surface area contributed by atoms with Crippen LogP contribution in [0, 0.1) is 5.92 Å². The van der Waals surface area contributed by atoms with Crippen LogP contribution in [0.2, 0.25) is 0 Å². The van der Waals surface area contributed by atoms with Crippen LogP contribution in [0.1, 0.15) is 124 Å². The second-order valence-corrected chi connectivity index (χ2v) is 14.5. The predicted octanol–water partition coefficient (Wildman–Crippen LogP) is 6.03. The molecule has 0 bridgehead atoms. The SMILES string of the molecule is CCCCCCCCCCCCCCC(=O)OC1C(SC)OC([C@H](NC(=O)C2CC(CCC)CN2C)C(C)Cl)C(O)C1O. The molecule has 2 rings (SSSR count). The third kappa shape index (κ3) is 13.0. The highest BCUT2D eigenvalue weighted by molar-refractivity contribution is 7.99. The van der Waals surface area contributed by atoms with Crippen LogP contribution in [0.25, 0.3) is 0 Å². The lowest BCUT2D eigenvalue weighted by Crippen LogP contribution is -2.65. The number of unbranched alkanes of at least 4 members (excludes halogenated alkanes) is 11. The van der Waals surface area contributed by atoms with Gasteiger partial charge < -0.3 is 25.0 Å². The van der Waals surface area contributed by atoms with E-state index < -0.39 is 47.2 Å². The Morgan fingerprint density at radius 3 is 2.09 bits per heavy atom. The van der Waals surface area contributed by atoms with Crippen molar-refractivity contribution in [1.82, 2.24) is 10.2 Å². The Morgan fingerprint density at radius 2 is 1.56 bits per heavy atom. The molecule has 0 aliphatic carbocycles. The quantitative estimate of drug-likeness (QED) is 0.0787.